The van der Waals surface area contributed by atoms with E-state index in [2.05, 4.69) is 27.5 Å². The standard InChI is InChI=1S/C20H20N4O/c1-3-15-6-4-5-7-18(15)24-19(25)16-12-21-20(22-13-16)23-17-10-8-14(2)9-11-17/h4-13H,3H2,1-2H3,(H,24,25)(H,21,22,23). The molecule has 2 N–H and O–H groups in total. The van der Waals surface area contributed by atoms with Gasteiger partial charge in [-0.15, -0.1) is 0 Å². The van der Waals surface area contributed by atoms with Crippen molar-refractivity contribution < 1.29 is 4.79 Å². The largest absolute Gasteiger partial charge is 0.324 e. The Hall–Kier alpha value is -3.21. The van der Waals surface area contributed by atoms with E-state index >= 15 is 0 Å². The molecule has 0 aliphatic heterocycles. The molecule has 0 atom stereocenters. The highest BCUT2D eigenvalue weighted by atomic mass is 16.1. The molecule has 1 aromatic heterocycles. The topological polar surface area (TPSA) is 66.9 Å². The molecule has 0 saturated carbocycles. The van der Waals surface area contributed by atoms with Gasteiger partial charge >= 0.3 is 0 Å². The van der Waals surface area contributed by atoms with Crippen molar-refractivity contribution in [3.8, 4) is 0 Å². The summed E-state index contributed by atoms with van der Waals surface area (Å²) in [6, 6.07) is 15.7. The van der Waals surface area contributed by atoms with Crippen molar-refractivity contribution in [3.05, 3.63) is 77.6 Å². The van der Waals surface area contributed by atoms with Crippen LogP contribution in [0.3, 0.4) is 0 Å². The van der Waals surface area contributed by atoms with Gasteiger partial charge in [0.05, 0.1) is 5.56 Å². The number of hydrogen-bond donors (Lipinski definition) is 2. The molecule has 0 fully saturated rings. The van der Waals surface area contributed by atoms with Gasteiger partial charge in [0.1, 0.15) is 0 Å². The van der Waals surface area contributed by atoms with E-state index in [9.17, 15) is 4.79 Å². The van der Waals surface area contributed by atoms with Crippen molar-refractivity contribution in [1.82, 2.24) is 9.97 Å². The molecule has 2 aromatic carbocycles. The summed E-state index contributed by atoms with van der Waals surface area (Å²) in [5.74, 6) is 0.233. The maximum atomic E-state index is 12.4. The van der Waals surface area contributed by atoms with Gasteiger partial charge in [-0.3, -0.25) is 4.79 Å². The lowest BCUT2D eigenvalue weighted by Crippen LogP contribution is -2.14. The van der Waals surface area contributed by atoms with Crippen molar-refractivity contribution >= 4 is 23.2 Å². The van der Waals surface area contributed by atoms with Crippen LogP contribution >= 0.6 is 0 Å². The first-order valence-corrected chi connectivity index (χ1v) is 8.20. The number of aryl methyl sites for hydroxylation is 2. The molecule has 5 heteroatoms. The van der Waals surface area contributed by atoms with Crippen LogP contribution in [0.25, 0.3) is 0 Å². The Morgan fingerprint density at radius 1 is 1.00 bits per heavy atom. The molecule has 25 heavy (non-hydrogen) atoms. The first kappa shape index (κ1) is 16.6. The number of nitrogens with one attached hydrogen (secondary N) is 2. The molecule has 0 saturated heterocycles. The Balaban J connectivity index is 1.69. The summed E-state index contributed by atoms with van der Waals surface area (Å²) in [5, 5.41) is 6.03. The molecule has 0 bridgehead atoms. The fourth-order valence-electron chi connectivity index (χ4n) is 2.42. The minimum absolute atomic E-state index is 0.220. The summed E-state index contributed by atoms with van der Waals surface area (Å²) in [7, 11) is 0. The molecule has 3 aromatic rings. The maximum absolute atomic E-state index is 12.4. The van der Waals surface area contributed by atoms with Crippen LogP contribution in [-0.4, -0.2) is 15.9 Å². The quantitative estimate of drug-likeness (QED) is 0.729. The summed E-state index contributed by atoms with van der Waals surface area (Å²) in [6.07, 6.45) is 3.90. The molecule has 0 spiro atoms. The Morgan fingerprint density at radius 2 is 1.68 bits per heavy atom. The number of para-hydroxylation sites is 1. The number of hydrogen-bond acceptors (Lipinski definition) is 4. The predicted octanol–water partition coefficient (Wildman–Crippen LogP) is 4.34. The average Bonchev–Trinajstić information content (AvgIpc) is 2.64. The summed E-state index contributed by atoms with van der Waals surface area (Å²) in [6.45, 7) is 4.09. The zero-order chi connectivity index (χ0) is 17.6. The first-order chi connectivity index (χ1) is 12.2. The number of carbonyl (C=O) groups is 1. The molecular formula is C20H20N4O. The highest BCUT2D eigenvalue weighted by Crippen LogP contribution is 2.17. The van der Waals surface area contributed by atoms with Crippen LogP contribution in [0.15, 0.2) is 60.9 Å². The predicted molar refractivity (Wildman–Crippen MR) is 100 cm³/mol. The Morgan fingerprint density at radius 3 is 2.36 bits per heavy atom. The lowest BCUT2D eigenvalue weighted by Gasteiger charge is -2.10. The minimum atomic E-state index is -0.220. The van der Waals surface area contributed by atoms with Gasteiger partial charge in [-0.05, 0) is 37.1 Å². The molecule has 1 amide bonds. The number of nitrogens with zero attached hydrogens (tertiary/aromatic N) is 2. The first-order valence-electron chi connectivity index (χ1n) is 8.20. The summed E-state index contributed by atoms with van der Waals surface area (Å²) < 4.78 is 0. The van der Waals surface area contributed by atoms with Gasteiger partial charge in [-0.2, -0.15) is 0 Å². The van der Waals surface area contributed by atoms with Crippen LogP contribution in [0.1, 0.15) is 28.4 Å². The SMILES string of the molecule is CCc1ccccc1NC(=O)c1cnc(Nc2ccc(C)cc2)nc1. The minimum Gasteiger partial charge on any atom is -0.324 e. The van der Waals surface area contributed by atoms with Crippen LogP contribution in [-0.2, 0) is 6.42 Å². The normalized spacial score (nSPS) is 10.3. The Labute approximate surface area is 147 Å². The van der Waals surface area contributed by atoms with Crippen LogP contribution in [0.2, 0.25) is 0 Å². The second-order valence-corrected chi connectivity index (χ2v) is 5.75. The average molecular weight is 332 g/mol. The number of carbonyl (C=O) groups excluding carboxylic acids is 1. The van der Waals surface area contributed by atoms with E-state index in [4.69, 9.17) is 0 Å². The van der Waals surface area contributed by atoms with E-state index in [-0.39, 0.29) is 5.91 Å². The van der Waals surface area contributed by atoms with E-state index in [1.165, 1.54) is 18.0 Å². The molecule has 5 nitrogen and oxygen atoms in total. The zero-order valence-corrected chi connectivity index (χ0v) is 14.3. The van der Waals surface area contributed by atoms with E-state index in [1.54, 1.807) is 0 Å². The van der Waals surface area contributed by atoms with Crippen LogP contribution < -0.4 is 10.6 Å². The van der Waals surface area contributed by atoms with Gasteiger partial charge in [0.25, 0.3) is 5.91 Å². The third-order valence-corrected chi connectivity index (χ3v) is 3.87. The summed E-state index contributed by atoms with van der Waals surface area (Å²) in [5.41, 5.74) is 4.41. The molecule has 0 aliphatic rings. The fraction of sp³-hybridized carbons (Fsp3) is 0.150. The maximum Gasteiger partial charge on any atom is 0.258 e. The lowest BCUT2D eigenvalue weighted by atomic mass is 10.1. The number of anilines is 3. The third-order valence-electron chi connectivity index (χ3n) is 3.87. The van der Waals surface area contributed by atoms with Gasteiger partial charge in [0, 0.05) is 23.8 Å². The Kier molecular flexibility index (Phi) is 5.04. The molecule has 3 rings (SSSR count). The fourth-order valence-corrected chi connectivity index (χ4v) is 2.42. The van der Waals surface area contributed by atoms with Gasteiger partial charge < -0.3 is 10.6 Å². The third kappa shape index (κ3) is 4.20. The summed E-state index contributed by atoms with van der Waals surface area (Å²) >= 11 is 0. The lowest BCUT2D eigenvalue weighted by molar-refractivity contribution is 0.102. The smallest absolute Gasteiger partial charge is 0.258 e. The highest BCUT2D eigenvalue weighted by Gasteiger charge is 2.09. The van der Waals surface area contributed by atoms with Gasteiger partial charge in [-0.25, -0.2) is 9.97 Å². The number of rotatable bonds is 5. The Bertz CT molecular complexity index is 858. The molecule has 0 aliphatic carbocycles. The van der Waals surface area contributed by atoms with Crippen molar-refractivity contribution in [2.75, 3.05) is 10.6 Å². The van der Waals surface area contributed by atoms with Crippen molar-refractivity contribution in [2.45, 2.75) is 20.3 Å². The van der Waals surface area contributed by atoms with Gasteiger partial charge in [0.15, 0.2) is 0 Å². The molecular weight excluding hydrogens is 312 g/mol. The number of benzene rings is 2. The molecule has 0 unspecified atom stereocenters. The van der Waals surface area contributed by atoms with E-state index < -0.39 is 0 Å². The van der Waals surface area contributed by atoms with Crippen molar-refractivity contribution in [1.29, 1.82) is 0 Å². The van der Waals surface area contributed by atoms with Crippen LogP contribution in [0, 0.1) is 6.92 Å². The molecule has 0 radical (unpaired) electrons. The monoisotopic (exact) mass is 332 g/mol. The zero-order valence-electron chi connectivity index (χ0n) is 14.3. The number of amides is 1. The number of aromatic nitrogens is 2. The van der Waals surface area contributed by atoms with E-state index in [1.807, 2.05) is 55.5 Å². The molecule has 126 valence electrons. The van der Waals surface area contributed by atoms with Crippen LogP contribution in [0.4, 0.5) is 17.3 Å². The van der Waals surface area contributed by atoms with Crippen LogP contribution in [0.5, 0.6) is 0 Å². The highest BCUT2D eigenvalue weighted by molar-refractivity contribution is 6.04. The van der Waals surface area contributed by atoms with E-state index in [0.29, 0.717) is 11.5 Å². The van der Waals surface area contributed by atoms with Crippen molar-refractivity contribution in [3.63, 3.8) is 0 Å². The van der Waals surface area contributed by atoms with Crippen molar-refractivity contribution in [2.24, 2.45) is 0 Å². The van der Waals surface area contributed by atoms with E-state index in [0.717, 1.165) is 23.4 Å². The second-order valence-electron chi connectivity index (χ2n) is 5.75. The van der Waals surface area contributed by atoms with Gasteiger partial charge in [0.2, 0.25) is 5.95 Å². The molecule has 1 heterocycles. The van der Waals surface area contributed by atoms with Gasteiger partial charge in [-0.1, -0.05) is 42.8 Å². The summed E-state index contributed by atoms with van der Waals surface area (Å²) in [4.78, 5) is 20.8. The second kappa shape index (κ2) is 7.57.